The molecule has 0 saturated carbocycles. The van der Waals surface area contributed by atoms with Crippen LogP contribution in [0.15, 0.2) is 56.7 Å². The zero-order valence-electron chi connectivity index (χ0n) is 17.0. The Hall–Kier alpha value is -2.78. The fourth-order valence-corrected chi connectivity index (χ4v) is 3.57. The Morgan fingerprint density at radius 1 is 1.20 bits per heavy atom. The summed E-state index contributed by atoms with van der Waals surface area (Å²) in [6, 6.07) is 9.58. The van der Waals surface area contributed by atoms with Crippen LogP contribution in [0.1, 0.15) is 24.7 Å². The number of aliphatic imine (C=N–C) groups is 3. The second-order valence-electron chi connectivity index (χ2n) is 6.85. The van der Waals surface area contributed by atoms with E-state index in [4.69, 9.17) is 19.5 Å². The summed E-state index contributed by atoms with van der Waals surface area (Å²) in [4.78, 5) is 22.7. The first kappa shape index (κ1) is 20.5. The van der Waals surface area contributed by atoms with E-state index in [1.165, 1.54) is 18.2 Å². The van der Waals surface area contributed by atoms with Crippen molar-refractivity contribution < 1.29 is 9.47 Å². The van der Waals surface area contributed by atoms with Crippen molar-refractivity contribution in [2.45, 2.75) is 30.2 Å². The standard InChI is InChI=1S/C21H24N6O2S/c1-28-15-5-7-16(8-6-15)29-20-18(24-12-14-4-3-10-22-14)13-25-19(27-20)17-9-11-23-21(26-17)30-2/h5-9,11,13-14,19,22H,3-4,10,12H2,1-2H3. The maximum absolute atomic E-state index is 6.09. The second-order valence-corrected chi connectivity index (χ2v) is 7.62. The summed E-state index contributed by atoms with van der Waals surface area (Å²) in [6.45, 7) is 1.71. The molecule has 0 spiro atoms. The first-order valence-corrected chi connectivity index (χ1v) is 11.1. The molecule has 1 aromatic heterocycles. The molecule has 2 aromatic rings. The maximum Gasteiger partial charge on any atom is 0.244 e. The Balaban J connectivity index is 1.59. The molecule has 2 aliphatic rings. The molecule has 1 aromatic carbocycles. The molecule has 0 radical (unpaired) electrons. The lowest BCUT2D eigenvalue weighted by Gasteiger charge is -2.17. The molecule has 4 rings (SSSR count). The first-order valence-electron chi connectivity index (χ1n) is 9.83. The molecule has 8 nitrogen and oxygen atoms in total. The van der Waals surface area contributed by atoms with Crippen molar-refractivity contribution in [1.82, 2.24) is 15.3 Å². The fourth-order valence-electron chi connectivity index (χ4n) is 3.21. The minimum absolute atomic E-state index is 0.386. The van der Waals surface area contributed by atoms with E-state index in [1.807, 2.05) is 36.6 Å². The minimum Gasteiger partial charge on any atom is -0.497 e. The molecule has 3 heterocycles. The third-order valence-corrected chi connectivity index (χ3v) is 5.38. The van der Waals surface area contributed by atoms with Gasteiger partial charge in [0.05, 0.1) is 25.6 Å². The fraction of sp³-hybridized carbons (Fsp3) is 0.381. The van der Waals surface area contributed by atoms with Gasteiger partial charge in [0.15, 0.2) is 11.3 Å². The third-order valence-electron chi connectivity index (χ3n) is 4.82. The van der Waals surface area contributed by atoms with Gasteiger partial charge >= 0.3 is 0 Å². The second kappa shape index (κ2) is 9.82. The van der Waals surface area contributed by atoms with Gasteiger partial charge in [0, 0.05) is 12.2 Å². The smallest absolute Gasteiger partial charge is 0.244 e. The molecule has 0 amide bonds. The van der Waals surface area contributed by atoms with Crippen LogP contribution in [0, 0.1) is 0 Å². The zero-order chi connectivity index (χ0) is 20.8. The Labute approximate surface area is 180 Å². The molecule has 2 unspecified atom stereocenters. The van der Waals surface area contributed by atoms with Gasteiger partial charge in [-0.2, -0.15) is 0 Å². The number of benzene rings is 1. The number of hydrogen-bond acceptors (Lipinski definition) is 9. The van der Waals surface area contributed by atoms with Gasteiger partial charge in [-0.15, -0.1) is 0 Å². The van der Waals surface area contributed by atoms with Crippen LogP contribution in [-0.4, -0.2) is 60.3 Å². The van der Waals surface area contributed by atoms with Crippen molar-refractivity contribution in [2.75, 3.05) is 26.5 Å². The van der Waals surface area contributed by atoms with Crippen molar-refractivity contribution in [3.8, 4) is 11.5 Å². The Morgan fingerprint density at radius 3 is 2.77 bits per heavy atom. The molecule has 1 fully saturated rings. The third kappa shape index (κ3) is 5.03. The summed E-state index contributed by atoms with van der Waals surface area (Å²) in [5.74, 6) is 1.85. The average molecular weight is 425 g/mol. The van der Waals surface area contributed by atoms with Crippen LogP contribution in [-0.2, 0) is 0 Å². The predicted octanol–water partition coefficient (Wildman–Crippen LogP) is 2.96. The van der Waals surface area contributed by atoms with E-state index >= 15 is 0 Å². The Kier molecular flexibility index (Phi) is 6.70. The van der Waals surface area contributed by atoms with Crippen molar-refractivity contribution in [3.63, 3.8) is 0 Å². The van der Waals surface area contributed by atoms with Crippen LogP contribution in [0.4, 0.5) is 0 Å². The highest BCUT2D eigenvalue weighted by Crippen LogP contribution is 2.23. The van der Waals surface area contributed by atoms with Gasteiger partial charge in [-0.1, -0.05) is 11.8 Å². The van der Waals surface area contributed by atoms with E-state index in [0.717, 1.165) is 24.4 Å². The van der Waals surface area contributed by atoms with E-state index in [-0.39, 0.29) is 0 Å². The summed E-state index contributed by atoms with van der Waals surface area (Å²) in [6.07, 6.45) is 7.20. The van der Waals surface area contributed by atoms with E-state index in [1.54, 1.807) is 19.5 Å². The number of nitrogens with zero attached hydrogens (tertiary/aromatic N) is 5. The quantitative estimate of drug-likeness (QED) is 0.566. The number of nitrogens with one attached hydrogen (secondary N) is 1. The summed E-state index contributed by atoms with van der Waals surface area (Å²) in [7, 11) is 1.63. The molecule has 9 heteroatoms. The lowest BCUT2D eigenvalue weighted by molar-refractivity contribution is 0.414. The molecule has 0 aliphatic carbocycles. The number of rotatable bonds is 6. The molecule has 0 bridgehead atoms. The van der Waals surface area contributed by atoms with Crippen molar-refractivity contribution in [2.24, 2.45) is 15.0 Å². The molecule has 1 N–H and O–H groups in total. The number of ether oxygens (including phenoxy) is 2. The van der Waals surface area contributed by atoms with E-state index in [9.17, 15) is 0 Å². The topological polar surface area (TPSA) is 93.4 Å². The van der Waals surface area contributed by atoms with E-state index < -0.39 is 6.17 Å². The SMILES string of the molecule is COc1ccc(OC2=NC(c3ccnc(SC)n3)N=CC2=NCC2CCCN2)cc1. The van der Waals surface area contributed by atoms with Gasteiger partial charge in [0.2, 0.25) is 5.90 Å². The van der Waals surface area contributed by atoms with Gasteiger partial charge in [0.1, 0.15) is 17.2 Å². The number of aromatic nitrogens is 2. The highest BCUT2D eigenvalue weighted by Gasteiger charge is 2.22. The number of thioether (sulfide) groups is 1. The van der Waals surface area contributed by atoms with E-state index in [0.29, 0.717) is 35.1 Å². The largest absolute Gasteiger partial charge is 0.497 e. The first-order chi connectivity index (χ1) is 14.7. The summed E-state index contributed by atoms with van der Waals surface area (Å²) < 4.78 is 11.3. The van der Waals surface area contributed by atoms with Gasteiger partial charge in [0.25, 0.3) is 0 Å². The van der Waals surface area contributed by atoms with Crippen molar-refractivity contribution >= 4 is 29.6 Å². The highest BCUT2D eigenvalue weighted by atomic mass is 32.2. The maximum atomic E-state index is 6.09. The normalized spacial score (nSPS) is 22.2. The van der Waals surface area contributed by atoms with Crippen LogP contribution >= 0.6 is 11.8 Å². The lowest BCUT2D eigenvalue weighted by atomic mass is 10.2. The summed E-state index contributed by atoms with van der Waals surface area (Å²) in [5, 5.41) is 4.14. The summed E-state index contributed by atoms with van der Waals surface area (Å²) in [5.41, 5.74) is 1.35. The molecule has 2 atom stereocenters. The minimum atomic E-state index is -0.490. The van der Waals surface area contributed by atoms with Crippen LogP contribution in [0.2, 0.25) is 0 Å². The van der Waals surface area contributed by atoms with Crippen LogP contribution in [0.25, 0.3) is 0 Å². The van der Waals surface area contributed by atoms with Gasteiger partial charge in [-0.25, -0.2) is 15.0 Å². The lowest BCUT2D eigenvalue weighted by Crippen LogP contribution is -2.30. The van der Waals surface area contributed by atoms with Gasteiger partial charge in [-0.3, -0.25) is 9.98 Å². The molecule has 2 aliphatic heterocycles. The van der Waals surface area contributed by atoms with Crippen molar-refractivity contribution in [3.05, 3.63) is 42.2 Å². The van der Waals surface area contributed by atoms with Crippen LogP contribution in [0.3, 0.4) is 0 Å². The highest BCUT2D eigenvalue weighted by molar-refractivity contribution is 7.98. The molecular weight excluding hydrogens is 400 g/mol. The van der Waals surface area contributed by atoms with Gasteiger partial charge < -0.3 is 14.8 Å². The molecule has 1 saturated heterocycles. The monoisotopic (exact) mass is 424 g/mol. The Morgan fingerprint density at radius 2 is 2.03 bits per heavy atom. The zero-order valence-corrected chi connectivity index (χ0v) is 17.8. The number of hydrogen-bond donors (Lipinski definition) is 1. The van der Waals surface area contributed by atoms with Gasteiger partial charge in [-0.05, 0) is 56.0 Å². The number of methoxy groups -OCH3 is 1. The summed E-state index contributed by atoms with van der Waals surface area (Å²) >= 11 is 1.48. The molecule has 156 valence electrons. The van der Waals surface area contributed by atoms with E-state index in [2.05, 4.69) is 20.3 Å². The predicted molar refractivity (Wildman–Crippen MR) is 119 cm³/mol. The average Bonchev–Trinajstić information content (AvgIpc) is 3.32. The van der Waals surface area contributed by atoms with Crippen LogP contribution in [0.5, 0.6) is 11.5 Å². The molecule has 30 heavy (non-hydrogen) atoms. The molecular formula is C21H24N6O2S. The van der Waals surface area contributed by atoms with Crippen molar-refractivity contribution in [1.29, 1.82) is 0 Å². The Bertz CT molecular complexity index is 954. The van der Waals surface area contributed by atoms with Crippen LogP contribution < -0.4 is 14.8 Å².